The van der Waals surface area contributed by atoms with Gasteiger partial charge in [-0.25, -0.2) is 4.39 Å². The Balaban J connectivity index is 0.000000791. The minimum atomic E-state index is -0.906. The van der Waals surface area contributed by atoms with E-state index in [0.717, 1.165) is 0 Å². The van der Waals surface area contributed by atoms with Gasteiger partial charge in [-0.15, -0.1) is 0 Å². The van der Waals surface area contributed by atoms with Crippen molar-refractivity contribution in [1.29, 1.82) is 0 Å². The number of hydrogen-bond donors (Lipinski definition) is 0. The van der Waals surface area contributed by atoms with Gasteiger partial charge in [0.25, 0.3) is 0 Å². The van der Waals surface area contributed by atoms with E-state index in [1.54, 1.807) is 6.92 Å². The summed E-state index contributed by atoms with van der Waals surface area (Å²) >= 11 is 0. The summed E-state index contributed by atoms with van der Waals surface area (Å²) in [5, 5.41) is 0. The van der Waals surface area contributed by atoms with E-state index >= 15 is 0 Å². The summed E-state index contributed by atoms with van der Waals surface area (Å²) in [6.45, 7) is 7.56. The topological polar surface area (TPSA) is 9.23 Å². The summed E-state index contributed by atoms with van der Waals surface area (Å²) in [6.07, 6.45) is 0. The molecule has 0 saturated heterocycles. The third kappa shape index (κ3) is 2.98. The normalized spacial score (nSPS) is 9.00. The summed E-state index contributed by atoms with van der Waals surface area (Å²) in [5.74, 6) is -1.77. The van der Waals surface area contributed by atoms with E-state index in [-0.39, 0.29) is 11.3 Å². The number of halogens is 2. The van der Waals surface area contributed by atoms with Crippen molar-refractivity contribution >= 4 is 0 Å². The van der Waals surface area contributed by atoms with Crippen LogP contribution in [-0.4, -0.2) is 6.61 Å². The van der Waals surface area contributed by atoms with Gasteiger partial charge in [0.2, 0.25) is 5.82 Å². The number of hydrogen-bond acceptors (Lipinski definition) is 1. The van der Waals surface area contributed by atoms with Crippen LogP contribution in [0, 0.1) is 18.6 Å². The summed E-state index contributed by atoms with van der Waals surface area (Å²) in [4.78, 5) is 0. The standard InChI is InChI=1S/C9H10F2O.C2H6/c1-3-12-7-5-4-6(2)8(10)9(7)11;1-2/h4-5H,3H2,1-2H3;1-2H3. The van der Waals surface area contributed by atoms with E-state index in [2.05, 4.69) is 0 Å². The van der Waals surface area contributed by atoms with Gasteiger partial charge in [-0.05, 0) is 25.5 Å². The second-order valence-electron chi connectivity index (χ2n) is 2.44. The Labute approximate surface area is 83.7 Å². The van der Waals surface area contributed by atoms with Crippen molar-refractivity contribution in [3.05, 3.63) is 29.3 Å². The van der Waals surface area contributed by atoms with Gasteiger partial charge < -0.3 is 4.74 Å². The van der Waals surface area contributed by atoms with Crippen molar-refractivity contribution in [3.8, 4) is 5.75 Å². The molecule has 0 spiro atoms. The highest BCUT2D eigenvalue weighted by molar-refractivity contribution is 5.30. The Morgan fingerprint density at radius 3 is 2.21 bits per heavy atom. The highest BCUT2D eigenvalue weighted by atomic mass is 19.2. The van der Waals surface area contributed by atoms with Gasteiger partial charge >= 0.3 is 0 Å². The molecule has 0 aliphatic rings. The number of ether oxygens (including phenoxy) is 1. The quantitative estimate of drug-likeness (QED) is 0.710. The van der Waals surface area contributed by atoms with E-state index in [1.165, 1.54) is 19.1 Å². The smallest absolute Gasteiger partial charge is 0.200 e. The third-order valence-corrected chi connectivity index (χ3v) is 1.54. The number of aryl methyl sites for hydroxylation is 1. The lowest BCUT2D eigenvalue weighted by atomic mass is 10.2. The fourth-order valence-electron chi connectivity index (χ4n) is 0.895. The molecule has 0 saturated carbocycles. The minimum absolute atomic E-state index is 0.0272. The Morgan fingerprint density at radius 1 is 1.14 bits per heavy atom. The van der Waals surface area contributed by atoms with Crippen molar-refractivity contribution in [2.45, 2.75) is 27.7 Å². The molecule has 0 N–H and O–H groups in total. The maximum absolute atomic E-state index is 12.9. The highest BCUT2D eigenvalue weighted by Crippen LogP contribution is 2.21. The molecule has 0 radical (unpaired) electrons. The van der Waals surface area contributed by atoms with Crippen LogP contribution in [0.2, 0.25) is 0 Å². The van der Waals surface area contributed by atoms with E-state index < -0.39 is 11.6 Å². The summed E-state index contributed by atoms with van der Waals surface area (Å²) in [6, 6.07) is 2.92. The fourth-order valence-corrected chi connectivity index (χ4v) is 0.895. The van der Waals surface area contributed by atoms with Crippen LogP contribution in [0.4, 0.5) is 8.78 Å². The second-order valence-corrected chi connectivity index (χ2v) is 2.44. The lowest BCUT2D eigenvalue weighted by Gasteiger charge is -2.05. The SMILES string of the molecule is CC.CCOc1ccc(C)c(F)c1F. The van der Waals surface area contributed by atoms with Crippen LogP contribution in [0.5, 0.6) is 5.75 Å². The molecule has 0 aromatic heterocycles. The molecule has 3 heteroatoms. The molecule has 0 atom stereocenters. The first-order valence-electron chi connectivity index (χ1n) is 4.74. The molecule has 0 amide bonds. The maximum Gasteiger partial charge on any atom is 0.200 e. The summed E-state index contributed by atoms with van der Waals surface area (Å²) in [5.41, 5.74) is 0.288. The summed E-state index contributed by atoms with van der Waals surface area (Å²) in [7, 11) is 0. The lowest BCUT2D eigenvalue weighted by Crippen LogP contribution is -1.98. The van der Waals surface area contributed by atoms with Gasteiger partial charge in [-0.3, -0.25) is 0 Å². The molecule has 0 bridgehead atoms. The first-order chi connectivity index (χ1) is 6.66. The van der Waals surface area contributed by atoms with Crippen LogP contribution in [0.15, 0.2) is 12.1 Å². The van der Waals surface area contributed by atoms with Gasteiger partial charge in [-0.1, -0.05) is 19.9 Å². The van der Waals surface area contributed by atoms with Crippen molar-refractivity contribution in [3.63, 3.8) is 0 Å². The molecular formula is C11H16F2O. The second kappa shape index (κ2) is 6.35. The fraction of sp³-hybridized carbons (Fsp3) is 0.455. The molecule has 0 fully saturated rings. The van der Waals surface area contributed by atoms with Gasteiger partial charge in [0, 0.05) is 0 Å². The Hall–Kier alpha value is -1.12. The molecule has 1 nitrogen and oxygen atoms in total. The average Bonchev–Trinajstić information content (AvgIpc) is 2.22. The zero-order valence-electron chi connectivity index (χ0n) is 9.03. The molecule has 1 rings (SSSR count). The van der Waals surface area contributed by atoms with E-state index in [4.69, 9.17) is 4.74 Å². The Bertz CT molecular complexity index is 285. The first-order valence-corrected chi connectivity index (χ1v) is 4.74. The molecule has 0 aliphatic carbocycles. The van der Waals surface area contributed by atoms with E-state index in [9.17, 15) is 8.78 Å². The number of benzene rings is 1. The zero-order valence-corrected chi connectivity index (χ0v) is 9.03. The van der Waals surface area contributed by atoms with Gasteiger partial charge in [-0.2, -0.15) is 4.39 Å². The van der Waals surface area contributed by atoms with Gasteiger partial charge in [0.15, 0.2) is 11.6 Å². The van der Waals surface area contributed by atoms with E-state index in [1.807, 2.05) is 13.8 Å². The van der Waals surface area contributed by atoms with Gasteiger partial charge in [0.05, 0.1) is 6.61 Å². The van der Waals surface area contributed by atoms with Crippen molar-refractivity contribution in [2.75, 3.05) is 6.61 Å². The van der Waals surface area contributed by atoms with Crippen LogP contribution < -0.4 is 4.74 Å². The first kappa shape index (κ1) is 12.9. The Kier molecular flexibility index (Phi) is 5.84. The van der Waals surface area contributed by atoms with Gasteiger partial charge in [0.1, 0.15) is 0 Å². The van der Waals surface area contributed by atoms with E-state index in [0.29, 0.717) is 6.61 Å². The largest absolute Gasteiger partial charge is 0.491 e. The summed E-state index contributed by atoms with van der Waals surface area (Å²) < 4.78 is 30.7. The van der Waals surface area contributed by atoms with Crippen LogP contribution in [0.1, 0.15) is 26.3 Å². The maximum atomic E-state index is 12.9. The molecule has 1 aromatic rings. The molecule has 14 heavy (non-hydrogen) atoms. The predicted molar refractivity (Wildman–Crippen MR) is 53.6 cm³/mol. The highest BCUT2D eigenvalue weighted by Gasteiger charge is 2.10. The average molecular weight is 202 g/mol. The van der Waals surface area contributed by atoms with Crippen molar-refractivity contribution < 1.29 is 13.5 Å². The van der Waals surface area contributed by atoms with Crippen LogP contribution in [0.25, 0.3) is 0 Å². The number of rotatable bonds is 2. The molecule has 80 valence electrons. The molecule has 0 aliphatic heterocycles. The molecular weight excluding hydrogens is 186 g/mol. The molecule has 0 heterocycles. The molecule has 0 unspecified atom stereocenters. The minimum Gasteiger partial charge on any atom is -0.491 e. The zero-order chi connectivity index (χ0) is 11.1. The van der Waals surface area contributed by atoms with Crippen molar-refractivity contribution in [1.82, 2.24) is 0 Å². The third-order valence-electron chi connectivity index (χ3n) is 1.54. The Morgan fingerprint density at radius 2 is 1.71 bits per heavy atom. The molecule has 1 aromatic carbocycles. The lowest BCUT2D eigenvalue weighted by molar-refractivity contribution is 0.313. The van der Waals surface area contributed by atoms with Crippen LogP contribution in [-0.2, 0) is 0 Å². The monoisotopic (exact) mass is 202 g/mol. The van der Waals surface area contributed by atoms with Crippen LogP contribution >= 0.6 is 0 Å². The van der Waals surface area contributed by atoms with Crippen LogP contribution in [0.3, 0.4) is 0 Å². The predicted octanol–water partition coefficient (Wildman–Crippen LogP) is 3.70. The van der Waals surface area contributed by atoms with Crippen molar-refractivity contribution in [2.24, 2.45) is 0 Å².